The van der Waals surface area contributed by atoms with Gasteiger partial charge in [0.05, 0.1) is 11.5 Å². The first kappa shape index (κ1) is 23.0. The molecule has 168 valence electrons. The largest absolute Gasteiger partial charge is 0.493 e. The molecule has 1 saturated carbocycles. The van der Waals surface area contributed by atoms with Crippen LogP contribution in [0, 0.1) is 5.92 Å². The number of ether oxygens (including phenoxy) is 1. The van der Waals surface area contributed by atoms with Crippen molar-refractivity contribution in [2.24, 2.45) is 5.92 Å². The Hall–Kier alpha value is -2.65. The predicted molar refractivity (Wildman–Crippen MR) is 119 cm³/mol. The van der Waals surface area contributed by atoms with Crippen molar-refractivity contribution in [2.75, 3.05) is 6.61 Å². The summed E-state index contributed by atoms with van der Waals surface area (Å²) >= 11 is 0. The number of sulfonamides is 1. The van der Waals surface area contributed by atoms with Crippen LogP contribution >= 0.6 is 0 Å². The molecule has 0 spiro atoms. The van der Waals surface area contributed by atoms with Crippen molar-refractivity contribution < 1.29 is 13.2 Å². The molecule has 8 nitrogen and oxygen atoms in total. The Morgan fingerprint density at radius 3 is 2.71 bits per heavy atom. The molecule has 0 amide bonds. The Kier molecular flexibility index (Phi) is 7.17. The summed E-state index contributed by atoms with van der Waals surface area (Å²) in [5.41, 5.74) is -1.56. The maximum absolute atomic E-state index is 12.8. The van der Waals surface area contributed by atoms with E-state index in [9.17, 15) is 18.0 Å². The van der Waals surface area contributed by atoms with Crippen molar-refractivity contribution in [2.45, 2.75) is 56.5 Å². The third-order valence-corrected chi connectivity index (χ3v) is 6.71. The molecule has 3 rings (SSSR count). The van der Waals surface area contributed by atoms with Gasteiger partial charge < -0.3 is 4.74 Å². The molecule has 1 heterocycles. The molecule has 1 aliphatic carbocycles. The van der Waals surface area contributed by atoms with Gasteiger partial charge in [-0.25, -0.2) is 17.9 Å². The highest BCUT2D eigenvalue weighted by Gasteiger charge is 2.26. The minimum atomic E-state index is -3.69. The second-order valence-corrected chi connectivity index (χ2v) is 10.2. The highest BCUT2D eigenvalue weighted by atomic mass is 32.2. The Labute approximate surface area is 182 Å². The summed E-state index contributed by atoms with van der Waals surface area (Å²) in [4.78, 5) is 25.1. The van der Waals surface area contributed by atoms with Crippen LogP contribution in [0.5, 0.6) is 5.75 Å². The van der Waals surface area contributed by atoms with E-state index in [1.165, 1.54) is 29.7 Å². The Bertz CT molecular complexity index is 1140. The first-order valence-electron chi connectivity index (χ1n) is 10.4. The smallest absolute Gasteiger partial charge is 0.328 e. The van der Waals surface area contributed by atoms with Crippen molar-refractivity contribution in [1.29, 1.82) is 0 Å². The van der Waals surface area contributed by atoms with Crippen molar-refractivity contribution in [3.63, 3.8) is 0 Å². The van der Waals surface area contributed by atoms with E-state index in [0.717, 1.165) is 0 Å². The zero-order chi connectivity index (χ0) is 22.5. The van der Waals surface area contributed by atoms with Gasteiger partial charge in [-0.2, -0.15) is 0 Å². The molecule has 1 aliphatic rings. The fraction of sp³-hybridized carbons (Fsp3) is 0.455. The van der Waals surface area contributed by atoms with Crippen LogP contribution in [0.25, 0.3) is 0 Å². The lowest BCUT2D eigenvalue weighted by molar-refractivity contribution is 0.299. The summed E-state index contributed by atoms with van der Waals surface area (Å²) in [5.74, 6) is 1.15. The van der Waals surface area contributed by atoms with E-state index in [4.69, 9.17) is 4.74 Å². The number of aromatic nitrogens is 2. The molecule has 9 heteroatoms. The van der Waals surface area contributed by atoms with Gasteiger partial charge in [0, 0.05) is 30.4 Å². The molecule has 1 aromatic carbocycles. The van der Waals surface area contributed by atoms with Gasteiger partial charge in [-0.1, -0.05) is 18.2 Å². The monoisotopic (exact) mass is 447 g/mol. The van der Waals surface area contributed by atoms with Gasteiger partial charge in [0.25, 0.3) is 5.56 Å². The zero-order valence-corrected chi connectivity index (χ0v) is 18.7. The van der Waals surface area contributed by atoms with Crippen LogP contribution in [0.3, 0.4) is 0 Å². The number of nitrogens with one attached hydrogen (secondary N) is 2. The fourth-order valence-corrected chi connectivity index (χ4v) is 4.52. The predicted octanol–water partition coefficient (Wildman–Crippen LogP) is 2.42. The maximum Gasteiger partial charge on any atom is 0.328 e. The number of allylic oxidation sites excluding steroid dienone is 2. The van der Waals surface area contributed by atoms with Gasteiger partial charge in [0.2, 0.25) is 10.0 Å². The van der Waals surface area contributed by atoms with E-state index in [0.29, 0.717) is 37.7 Å². The highest BCUT2D eigenvalue weighted by Crippen LogP contribution is 2.30. The lowest BCUT2D eigenvalue weighted by atomic mass is 10.00. The second kappa shape index (κ2) is 9.65. The molecule has 0 aliphatic heterocycles. The summed E-state index contributed by atoms with van der Waals surface area (Å²) in [5, 5.41) is 0. The fourth-order valence-electron chi connectivity index (χ4n) is 3.04. The molecule has 0 radical (unpaired) electrons. The van der Waals surface area contributed by atoms with Gasteiger partial charge in [0.1, 0.15) is 5.75 Å². The number of aromatic amines is 1. The van der Waals surface area contributed by atoms with Crippen LogP contribution in [-0.2, 0) is 16.6 Å². The molecule has 0 bridgehead atoms. The zero-order valence-electron chi connectivity index (χ0n) is 17.8. The minimum Gasteiger partial charge on any atom is -0.493 e. The molecular formula is C22H29N3O5S. The van der Waals surface area contributed by atoms with E-state index < -0.39 is 26.8 Å². The summed E-state index contributed by atoms with van der Waals surface area (Å²) in [6.45, 7) is 4.62. The van der Waals surface area contributed by atoms with Crippen LogP contribution in [0.1, 0.15) is 39.5 Å². The summed E-state index contributed by atoms with van der Waals surface area (Å²) in [6.07, 6.45) is 8.67. The molecule has 0 unspecified atom stereocenters. The Morgan fingerprint density at radius 1 is 1.23 bits per heavy atom. The molecule has 0 saturated heterocycles. The normalized spacial score (nSPS) is 14.8. The number of benzene rings is 1. The van der Waals surface area contributed by atoms with E-state index in [-0.39, 0.29) is 4.90 Å². The molecule has 2 N–H and O–H groups in total. The average molecular weight is 448 g/mol. The SMILES string of the molecule is CC(C)(CCC=CCn1ccc(=O)[nH]c1=O)NS(=O)(=O)c1cccc(OCC2CC2)c1. The number of nitrogens with zero attached hydrogens (tertiary/aromatic N) is 1. The molecular weight excluding hydrogens is 418 g/mol. The molecule has 31 heavy (non-hydrogen) atoms. The summed E-state index contributed by atoms with van der Waals surface area (Å²) < 4.78 is 35.5. The number of hydrogen-bond donors (Lipinski definition) is 2. The van der Waals surface area contributed by atoms with E-state index in [1.54, 1.807) is 24.3 Å². The maximum atomic E-state index is 12.8. The lowest BCUT2D eigenvalue weighted by Crippen LogP contribution is -2.43. The van der Waals surface area contributed by atoms with Crippen LogP contribution in [0.15, 0.2) is 63.2 Å². The standard InChI is InChI=1S/C22H29N3O5S/c1-22(2,12-4-3-5-13-25-14-11-20(26)23-21(25)27)24-31(28,29)19-8-6-7-18(15-19)30-16-17-9-10-17/h3,5-8,11,14-15,17,24H,4,9-10,12-13,16H2,1-2H3,(H,23,26,27). The first-order chi connectivity index (χ1) is 14.6. The molecule has 1 fully saturated rings. The third-order valence-electron chi connectivity index (χ3n) is 5.01. The average Bonchev–Trinajstić information content (AvgIpc) is 3.51. The second-order valence-electron chi connectivity index (χ2n) is 8.49. The lowest BCUT2D eigenvalue weighted by Gasteiger charge is -2.25. The van der Waals surface area contributed by atoms with Gasteiger partial charge in [-0.3, -0.25) is 14.3 Å². The van der Waals surface area contributed by atoms with Crippen molar-refractivity contribution in [3.05, 3.63) is 69.5 Å². The van der Waals surface area contributed by atoms with Crippen LogP contribution in [0.2, 0.25) is 0 Å². The number of rotatable bonds is 11. The highest BCUT2D eigenvalue weighted by molar-refractivity contribution is 7.89. The van der Waals surface area contributed by atoms with Gasteiger partial charge in [-0.15, -0.1) is 0 Å². The Morgan fingerprint density at radius 2 is 2.00 bits per heavy atom. The van der Waals surface area contributed by atoms with Crippen molar-refractivity contribution in [1.82, 2.24) is 14.3 Å². The molecule has 0 atom stereocenters. The van der Waals surface area contributed by atoms with Gasteiger partial charge in [-0.05, 0) is 57.6 Å². The minimum absolute atomic E-state index is 0.182. The number of H-pyrrole nitrogens is 1. The summed E-state index contributed by atoms with van der Waals surface area (Å²) in [7, 11) is -3.69. The molecule has 2 aromatic rings. The topological polar surface area (TPSA) is 110 Å². The van der Waals surface area contributed by atoms with Crippen LogP contribution in [-0.4, -0.2) is 30.1 Å². The number of hydrogen-bond acceptors (Lipinski definition) is 5. The quantitative estimate of drug-likeness (QED) is 0.514. The van der Waals surface area contributed by atoms with E-state index >= 15 is 0 Å². The van der Waals surface area contributed by atoms with Crippen LogP contribution < -0.4 is 20.7 Å². The van der Waals surface area contributed by atoms with Crippen molar-refractivity contribution in [3.8, 4) is 5.75 Å². The summed E-state index contributed by atoms with van der Waals surface area (Å²) in [6, 6.07) is 7.86. The van der Waals surface area contributed by atoms with Crippen molar-refractivity contribution >= 4 is 10.0 Å². The van der Waals surface area contributed by atoms with Gasteiger partial charge >= 0.3 is 5.69 Å². The van der Waals surface area contributed by atoms with Gasteiger partial charge in [0.15, 0.2) is 0 Å². The van der Waals surface area contributed by atoms with Crippen LogP contribution in [0.4, 0.5) is 0 Å². The third kappa shape index (κ3) is 7.22. The first-order valence-corrected chi connectivity index (χ1v) is 11.8. The Balaban J connectivity index is 1.53. The van der Waals surface area contributed by atoms with E-state index in [1.807, 2.05) is 26.0 Å². The molecule has 1 aromatic heterocycles. The van der Waals surface area contributed by atoms with E-state index in [2.05, 4.69) is 9.71 Å².